The van der Waals surface area contributed by atoms with E-state index < -0.39 is 0 Å². The fourth-order valence-electron chi connectivity index (χ4n) is 0.783. The molecule has 0 heterocycles. The van der Waals surface area contributed by atoms with Crippen LogP contribution < -0.4 is 0 Å². The summed E-state index contributed by atoms with van der Waals surface area (Å²) in [5.74, 6) is 0. The van der Waals surface area contributed by atoms with Gasteiger partial charge >= 0.3 is 0 Å². The molecule has 32 valence electrons. The molecule has 1 spiro atoms. The van der Waals surface area contributed by atoms with Crippen LogP contribution in [0, 0.1) is 11.8 Å². The topological polar surface area (TPSA) is 0 Å². The van der Waals surface area contributed by atoms with Crippen LogP contribution in [-0.2, 0) is 0 Å². The van der Waals surface area contributed by atoms with Gasteiger partial charge in [-0.3, -0.25) is 0 Å². The van der Waals surface area contributed by atoms with Gasteiger partial charge < -0.3 is 0 Å². The first kappa shape index (κ1) is 3.36. The van der Waals surface area contributed by atoms with Crippen LogP contribution in [-0.4, -0.2) is 5.25 Å². The highest BCUT2D eigenvalue weighted by Gasteiger charge is 2.61. The molecule has 0 aromatic carbocycles. The molecule has 0 amide bonds. The number of hydrogen-bond acceptors (Lipinski definition) is 1. The molecule has 0 aromatic rings. The fourth-order valence-corrected chi connectivity index (χ4v) is 1.30. The Hall–Kier alpha value is 0.350. The second-order valence-corrected chi connectivity index (χ2v) is 2.72. The molecule has 0 N–H and O–H groups in total. The molecule has 1 atom stereocenters. The van der Waals surface area contributed by atoms with Crippen molar-refractivity contribution in [1.82, 2.24) is 0 Å². The minimum Gasteiger partial charge on any atom is -0.175 e. The summed E-state index contributed by atoms with van der Waals surface area (Å²) in [7, 11) is 0. The molecule has 2 aliphatic rings. The Morgan fingerprint density at radius 1 is 1.67 bits per heavy atom. The summed E-state index contributed by atoms with van der Waals surface area (Å²) >= 11 is 4.21. The molecule has 2 radical (unpaired) electrons. The van der Waals surface area contributed by atoms with Crippen molar-refractivity contribution in [2.75, 3.05) is 0 Å². The lowest BCUT2D eigenvalue weighted by atomic mass is 10.4. The van der Waals surface area contributed by atoms with Crippen LogP contribution in [0.5, 0.6) is 0 Å². The molecule has 2 rings (SSSR count). The van der Waals surface area contributed by atoms with Gasteiger partial charge in [0.25, 0.3) is 0 Å². The molecule has 2 aliphatic carbocycles. The normalized spacial score (nSPS) is 46.5. The minimum absolute atomic E-state index is 0.553. The molecule has 1 unspecified atom stereocenters. The first-order valence-electron chi connectivity index (χ1n) is 2.29. The van der Waals surface area contributed by atoms with Gasteiger partial charge in [0.1, 0.15) is 0 Å². The van der Waals surface area contributed by atoms with Crippen LogP contribution in [0.1, 0.15) is 12.8 Å². The molecular formula is C5H6S. The summed E-state index contributed by atoms with van der Waals surface area (Å²) in [5, 5.41) is 0.553. The molecule has 0 bridgehead atoms. The predicted octanol–water partition coefficient (Wildman–Crippen LogP) is 1.16. The lowest BCUT2D eigenvalue weighted by molar-refractivity contribution is 0.949. The van der Waals surface area contributed by atoms with Gasteiger partial charge in [0, 0.05) is 11.7 Å². The summed E-state index contributed by atoms with van der Waals surface area (Å²) in [6.07, 6.45) is 5.97. The van der Waals surface area contributed by atoms with Gasteiger partial charge in [-0.2, -0.15) is 12.6 Å². The fraction of sp³-hybridized carbons (Fsp3) is 0.800. The number of rotatable bonds is 0. The van der Waals surface area contributed by atoms with Crippen LogP contribution >= 0.6 is 12.6 Å². The first-order valence-corrected chi connectivity index (χ1v) is 2.81. The van der Waals surface area contributed by atoms with Crippen molar-refractivity contribution in [1.29, 1.82) is 0 Å². The Labute approximate surface area is 43.3 Å². The van der Waals surface area contributed by atoms with Crippen molar-refractivity contribution in [3.05, 3.63) is 6.42 Å². The van der Waals surface area contributed by atoms with Crippen LogP contribution in [0.15, 0.2) is 0 Å². The van der Waals surface area contributed by atoms with E-state index in [0.717, 1.165) is 0 Å². The van der Waals surface area contributed by atoms with Crippen molar-refractivity contribution in [2.45, 2.75) is 18.1 Å². The monoisotopic (exact) mass is 98.0 g/mol. The SMILES string of the molecule is SC1[C]C12CC2. The Morgan fingerprint density at radius 3 is 2.17 bits per heavy atom. The zero-order chi connectivity index (χ0) is 4.20. The van der Waals surface area contributed by atoms with Gasteiger partial charge in [-0.1, -0.05) is 0 Å². The van der Waals surface area contributed by atoms with Gasteiger partial charge in [-0.25, -0.2) is 0 Å². The second-order valence-electron chi connectivity index (χ2n) is 2.20. The van der Waals surface area contributed by atoms with Gasteiger partial charge in [0.15, 0.2) is 0 Å². The average Bonchev–Trinajstić information content (AvgIpc) is 2.25. The van der Waals surface area contributed by atoms with E-state index >= 15 is 0 Å². The smallest absolute Gasteiger partial charge is 0.0154 e. The van der Waals surface area contributed by atoms with Crippen LogP contribution in [0.3, 0.4) is 0 Å². The zero-order valence-electron chi connectivity index (χ0n) is 3.44. The quantitative estimate of drug-likeness (QED) is 0.432. The summed E-state index contributed by atoms with van der Waals surface area (Å²) in [5.41, 5.74) is 0.573. The van der Waals surface area contributed by atoms with Crippen molar-refractivity contribution < 1.29 is 0 Å². The van der Waals surface area contributed by atoms with E-state index in [-0.39, 0.29) is 0 Å². The van der Waals surface area contributed by atoms with Crippen molar-refractivity contribution >= 4 is 12.6 Å². The minimum atomic E-state index is 0.553. The largest absolute Gasteiger partial charge is 0.175 e. The molecule has 0 aliphatic heterocycles. The van der Waals surface area contributed by atoms with E-state index in [4.69, 9.17) is 0 Å². The van der Waals surface area contributed by atoms with Crippen molar-refractivity contribution in [3.63, 3.8) is 0 Å². The maximum absolute atomic E-state index is 4.21. The highest BCUT2D eigenvalue weighted by Crippen LogP contribution is 2.67. The zero-order valence-corrected chi connectivity index (χ0v) is 4.33. The highest BCUT2D eigenvalue weighted by molar-refractivity contribution is 7.81. The lowest BCUT2D eigenvalue weighted by Gasteiger charge is -1.70. The highest BCUT2D eigenvalue weighted by atomic mass is 32.1. The lowest BCUT2D eigenvalue weighted by Crippen LogP contribution is -1.67. The van der Waals surface area contributed by atoms with Crippen LogP contribution in [0.4, 0.5) is 0 Å². The average molecular weight is 98.2 g/mol. The summed E-state index contributed by atoms with van der Waals surface area (Å²) < 4.78 is 0. The Kier molecular flexibility index (Phi) is 0.372. The van der Waals surface area contributed by atoms with E-state index in [1.165, 1.54) is 12.8 Å². The molecule has 2 fully saturated rings. The predicted molar refractivity (Wildman–Crippen MR) is 27.7 cm³/mol. The van der Waals surface area contributed by atoms with Crippen molar-refractivity contribution in [2.24, 2.45) is 5.41 Å². The van der Waals surface area contributed by atoms with Gasteiger partial charge in [-0.15, -0.1) is 0 Å². The van der Waals surface area contributed by atoms with Crippen LogP contribution in [0.2, 0.25) is 0 Å². The van der Waals surface area contributed by atoms with E-state index in [1.54, 1.807) is 0 Å². The van der Waals surface area contributed by atoms with Crippen molar-refractivity contribution in [3.8, 4) is 0 Å². The molecule has 0 nitrogen and oxygen atoms in total. The Bertz CT molecular complexity index is 83.9. The third-order valence-electron chi connectivity index (χ3n) is 1.65. The molecule has 0 saturated heterocycles. The maximum atomic E-state index is 4.21. The van der Waals surface area contributed by atoms with Gasteiger partial charge in [-0.05, 0) is 18.3 Å². The molecule has 6 heavy (non-hydrogen) atoms. The Morgan fingerprint density at radius 2 is 2.17 bits per heavy atom. The number of thiol groups is 1. The summed E-state index contributed by atoms with van der Waals surface area (Å²) in [4.78, 5) is 0. The third-order valence-corrected chi connectivity index (χ3v) is 2.28. The van der Waals surface area contributed by atoms with E-state index in [9.17, 15) is 0 Å². The van der Waals surface area contributed by atoms with Crippen LogP contribution in [0.25, 0.3) is 0 Å². The van der Waals surface area contributed by atoms with Gasteiger partial charge in [0.2, 0.25) is 0 Å². The second kappa shape index (κ2) is 0.664. The van der Waals surface area contributed by atoms with E-state index in [2.05, 4.69) is 19.0 Å². The van der Waals surface area contributed by atoms with E-state index in [0.29, 0.717) is 10.7 Å². The molecule has 0 aromatic heterocycles. The molecule has 2 saturated carbocycles. The maximum Gasteiger partial charge on any atom is 0.0154 e. The van der Waals surface area contributed by atoms with E-state index in [1.807, 2.05) is 0 Å². The molecule has 1 heteroatoms. The summed E-state index contributed by atoms with van der Waals surface area (Å²) in [6, 6.07) is 0. The number of hydrogen-bond donors (Lipinski definition) is 1. The standard InChI is InChI=1S/C5H6S/c6-4-3-5(4)1-2-5/h4,6H,1-2H2. The third kappa shape index (κ3) is 0.237. The van der Waals surface area contributed by atoms with Gasteiger partial charge in [0.05, 0.1) is 0 Å². The molecular weight excluding hydrogens is 92.1 g/mol. The summed E-state index contributed by atoms with van der Waals surface area (Å²) in [6.45, 7) is 0. The first-order chi connectivity index (χ1) is 2.83. The Balaban J connectivity index is 2.17.